The number of nitrogens with two attached hydrogens (primary N) is 1. The summed E-state index contributed by atoms with van der Waals surface area (Å²) in [5.41, 5.74) is 8.24. The number of aryl methyl sites for hydroxylation is 2. The van der Waals surface area contributed by atoms with E-state index < -0.39 is 41.8 Å². The molecule has 0 spiro atoms. The molecule has 2 aromatic carbocycles. The van der Waals surface area contributed by atoms with E-state index in [1.54, 1.807) is 70.7 Å². The zero-order chi connectivity index (χ0) is 34.9. The lowest BCUT2D eigenvalue weighted by Gasteiger charge is -2.38. The molecule has 0 radical (unpaired) electrons. The molecule has 12 heteroatoms. The summed E-state index contributed by atoms with van der Waals surface area (Å²) in [6.07, 6.45) is 3.34. The van der Waals surface area contributed by atoms with Crippen LogP contribution in [0.2, 0.25) is 0 Å². The quantitative estimate of drug-likeness (QED) is 0.379. The Morgan fingerprint density at radius 2 is 1.53 bits per heavy atom. The molecule has 256 valence electrons. The SMILES string of the molecule is CC(C)(C)OC(=O)NCc1cccc(C(=O)N(CC(=O)O)C2CCN(C(=O)OC(C)(C)C)CC2)c1.NC(=O)c1ccc2c(c1)CCC2. The Balaban J connectivity index is 0.000000413. The molecule has 4 rings (SSSR count). The number of carbonyl (C=O) groups excluding carboxylic acids is 4. The second-order valence-corrected chi connectivity index (χ2v) is 13.8. The number of nitrogens with zero attached hydrogens (tertiary/aromatic N) is 2. The molecule has 47 heavy (non-hydrogen) atoms. The zero-order valence-corrected chi connectivity index (χ0v) is 28.3. The van der Waals surface area contributed by atoms with Gasteiger partial charge in [0.2, 0.25) is 5.91 Å². The summed E-state index contributed by atoms with van der Waals surface area (Å²) < 4.78 is 10.6. The number of fused-ring (bicyclic) bond motifs is 1. The van der Waals surface area contributed by atoms with Gasteiger partial charge in [0, 0.05) is 36.8 Å². The lowest BCUT2D eigenvalue weighted by atomic mass is 10.0. The fourth-order valence-electron chi connectivity index (χ4n) is 5.39. The Labute approximate surface area is 276 Å². The number of rotatable bonds is 7. The number of piperidine rings is 1. The summed E-state index contributed by atoms with van der Waals surface area (Å²) in [7, 11) is 0. The molecule has 0 unspecified atom stereocenters. The number of primary amides is 1. The van der Waals surface area contributed by atoms with E-state index in [1.165, 1.54) is 22.4 Å². The van der Waals surface area contributed by atoms with E-state index in [1.807, 2.05) is 18.2 Å². The number of ether oxygens (including phenoxy) is 2. The fourth-order valence-corrected chi connectivity index (χ4v) is 5.39. The molecular weight excluding hydrogens is 604 g/mol. The minimum atomic E-state index is -1.12. The van der Waals surface area contributed by atoms with Gasteiger partial charge in [-0.15, -0.1) is 0 Å². The van der Waals surface area contributed by atoms with E-state index in [-0.39, 0.29) is 18.5 Å². The number of carboxylic acid groups (broad SMARTS) is 1. The predicted octanol–water partition coefficient (Wildman–Crippen LogP) is 4.91. The van der Waals surface area contributed by atoms with Gasteiger partial charge in [-0.1, -0.05) is 18.2 Å². The van der Waals surface area contributed by atoms with Crippen molar-refractivity contribution in [3.63, 3.8) is 0 Å². The Bertz CT molecular complexity index is 1450. The lowest BCUT2D eigenvalue weighted by Crippen LogP contribution is -2.51. The average molecular weight is 653 g/mol. The number of alkyl carbamates (subject to hydrolysis) is 1. The molecule has 1 heterocycles. The molecule has 1 fully saturated rings. The molecule has 2 aliphatic rings. The fraction of sp³-hybridized carbons (Fsp3) is 0.514. The topological polar surface area (TPSA) is 169 Å². The van der Waals surface area contributed by atoms with Crippen LogP contribution in [-0.4, -0.2) is 81.8 Å². The van der Waals surface area contributed by atoms with Crippen molar-refractivity contribution in [3.05, 3.63) is 70.3 Å². The number of amides is 4. The molecule has 0 saturated carbocycles. The molecule has 1 saturated heterocycles. The van der Waals surface area contributed by atoms with Gasteiger partial charge in [-0.05, 0) is 115 Å². The molecule has 12 nitrogen and oxygen atoms in total. The number of aliphatic carboxylic acids is 1. The van der Waals surface area contributed by atoms with Gasteiger partial charge in [0.25, 0.3) is 5.91 Å². The van der Waals surface area contributed by atoms with E-state index in [0.29, 0.717) is 42.6 Å². The first-order valence-electron chi connectivity index (χ1n) is 15.9. The van der Waals surface area contributed by atoms with Crippen LogP contribution < -0.4 is 11.1 Å². The van der Waals surface area contributed by atoms with Crippen LogP contribution in [0.25, 0.3) is 0 Å². The molecular formula is C35H48N4O8. The van der Waals surface area contributed by atoms with Crippen LogP contribution in [0.4, 0.5) is 9.59 Å². The third kappa shape index (κ3) is 11.9. The van der Waals surface area contributed by atoms with Gasteiger partial charge in [-0.3, -0.25) is 14.4 Å². The van der Waals surface area contributed by atoms with Gasteiger partial charge in [0.05, 0.1) is 0 Å². The molecule has 4 amide bonds. The minimum Gasteiger partial charge on any atom is -0.480 e. The first-order chi connectivity index (χ1) is 21.9. The first kappa shape index (κ1) is 36.9. The van der Waals surface area contributed by atoms with E-state index in [0.717, 1.165) is 12.8 Å². The van der Waals surface area contributed by atoms with Crippen molar-refractivity contribution < 1.29 is 38.6 Å². The Morgan fingerprint density at radius 3 is 2.13 bits per heavy atom. The number of benzene rings is 2. The predicted molar refractivity (Wildman–Crippen MR) is 176 cm³/mol. The van der Waals surface area contributed by atoms with Crippen LogP contribution in [0.5, 0.6) is 0 Å². The van der Waals surface area contributed by atoms with Crippen molar-refractivity contribution in [2.24, 2.45) is 5.73 Å². The molecule has 0 bridgehead atoms. The van der Waals surface area contributed by atoms with Gasteiger partial charge >= 0.3 is 18.2 Å². The number of hydrogen-bond acceptors (Lipinski definition) is 7. The van der Waals surface area contributed by atoms with E-state index in [4.69, 9.17) is 15.2 Å². The van der Waals surface area contributed by atoms with Gasteiger partial charge in [0.1, 0.15) is 17.7 Å². The summed E-state index contributed by atoms with van der Waals surface area (Å²) in [5, 5.41) is 12.1. The third-order valence-corrected chi connectivity index (χ3v) is 7.52. The van der Waals surface area contributed by atoms with Crippen LogP contribution in [0.1, 0.15) is 98.2 Å². The lowest BCUT2D eigenvalue weighted by molar-refractivity contribution is -0.138. The van der Waals surface area contributed by atoms with Crippen molar-refractivity contribution in [3.8, 4) is 0 Å². The maximum Gasteiger partial charge on any atom is 0.410 e. The first-order valence-corrected chi connectivity index (χ1v) is 15.9. The van der Waals surface area contributed by atoms with Crippen molar-refractivity contribution in [2.45, 2.75) is 97.4 Å². The van der Waals surface area contributed by atoms with Crippen LogP contribution in [0.15, 0.2) is 42.5 Å². The van der Waals surface area contributed by atoms with Crippen LogP contribution in [-0.2, 0) is 33.7 Å². The van der Waals surface area contributed by atoms with Crippen LogP contribution in [0.3, 0.4) is 0 Å². The molecule has 0 aromatic heterocycles. The van der Waals surface area contributed by atoms with E-state index >= 15 is 0 Å². The van der Waals surface area contributed by atoms with Crippen molar-refractivity contribution >= 4 is 30.0 Å². The van der Waals surface area contributed by atoms with Crippen molar-refractivity contribution in [2.75, 3.05) is 19.6 Å². The summed E-state index contributed by atoms with van der Waals surface area (Å²) in [5.74, 6) is -1.86. The monoisotopic (exact) mass is 652 g/mol. The van der Waals surface area contributed by atoms with Crippen LogP contribution in [0, 0.1) is 0 Å². The maximum absolute atomic E-state index is 13.3. The molecule has 0 atom stereocenters. The highest BCUT2D eigenvalue weighted by Gasteiger charge is 2.33. The highest BCUT2D eigenvalue weighted by Crippen LogP contribution is 2.23. The number of hydrogen-bond donors (Lipinski definition) is 3. The smallest absolute Gasteiger partial charge is 0.410 e. The minimum absolute atomic E-state index is 0.156. The van der Waals surface area contributed by atoms with Gasteiger partial charge in [0.15, 0.2) is 0 Å². The molecule has 2 aromatic rings. The second-order valence-electron chi connectivity index (χ2n) is 13.8. The average Bonchev–Trinajstić information content (AvgIpc) is 3.45. The second kappa shape index (κ2) is 15.8. The van der Waals surface area contributed by atoms with Gasteiger partial charge < -0.3 is 35.4 Å². The standard InChI is InChI=1S/C25H37N3O7.C10H11NO/c1-24(2,3)34-22(32)26-15-17-8-7-9-18(14-17)21(31)28(16-20(29)30)19-10-12-27(13-11-19)23(33)35-25(4,5)6;11-10(12)9-5-4-7-2-1-3-8(7)6-9/h7-9,14,19H,10-13,15-16H2,1-6H3,(H,26,32)(H,29,30);4-6H,1-3H2,(H2,11,12). The Kier molecular flexibility index (Phi) is 12.4. The number of likely N-dealkylation sites (tertiary alicyclic amines) is 1. The van der Waals surface area contributed by atoms with E-state index in [2.05, 4.69) is 5.32 Å². The molecule has 1 aliphatic heterocycles. The molecule has 4 N–H and O–H groups in total. The summed E-state index contributed by atoms with van der Waals surface area (Å²) >= 11 is 0. The highest BCUT2D eigenvalue weighted by molar-refractivity contribution is 5.96. The van der Waals surface area contributed by atoms with Crippen molar-refractivity contribution in [1.29, 1.82) is 0 Å². The van der Waals surface area contributed by atoms with Gasteiger partial charge in [-0.2, -0.15) is 0 Å². The number of carboxylic acids is 1. The number of carbonyl (C=O) groups is 5. The highest BCUT2D eigenvalue weighted by atomic mass is 16.6. The summed E-state index contributed by atoms with van der Waals surface area (Å²) in [4.78, 5) is 62.8. The summed E-state index contributed by atoms with van der Waals surface area (Å²) in [6.45, 7) is 11.1. The van der Waals surface area contributed by atoms with Gasteiger partial charge in [-0.25, -0.2) is 9.59 Å². The van der Waals surface area contributed by atoms with E-state index in [9.17, 15) is 29.1 Å². The summed E-state index contributed by atoms with van der Waals surface area (Å²) in [6, 6.07) is 12.1. The third-order valence-electron chi connectivity index (χ3n) is 7.52. The van der Waals surface area contributed by atoms with Crippen LogP contribution >= 0.6 is 0 Å². The largest absolute Gasteiger partial charge is 0.480 e. The zero-order valence-electron chi connectivity index (χ0n) is 28.3. The number of nitrogens with one attached hydrogen (secondary N) is 1. The Hall–Kier alpha value is -4.61. The Morgan fingerprint density at radius 1 is 0.894 bits per heavy atom. The molecule has 1 aliphatic carbocycles. The maximum atomic E-state index is 13.3. The normalized spacial score (nSPS) is 14.6. The van der Waals surface area contributed by atoms with Crippen molar-refractivity contribution in [1.82, 2.24) is 15.1 Å².